The van der Waals surface area contributed by atoms with Crippen LogP contribution < -0.4 is 4.90 Å². The lowest BCUT2D eigenvalue weighted by molar-refractivity contribution is 0.477. The van der Waals surface area contributed by atoms with E-state index in [0.29, 0.717) is 29.8 Å². The summed E-state index contributed by atoms with van der Waals surface area (Å²) < 4.78 is 0. The lowest BCUT2D eigenvalue weighted by Gasteiger charge is -2.11. The number of halogens is 1. The summed E-state index contributed by atoms with van der Waals surface area (Å²) in [6.45, 7) is 0.666. The maximum atomic E-state index is 9.69. The van der Waals surface area contributed by atoms with Gasteiger partial charge in [-0.05, 0) is 12.1 Å². The maximum absolute atomic E-state index is 9.69. The summed E-state index contributed by atoms with van der Waals surface area (Å²) in [5.74, 6) is 1.79. The van der Waals surface area contributed by atoms with Crippen LogP contribution in [0.1, 0.15) is 0 Å². The fourth-order valence-corrected chi connectivity index (χ4v) is 1.70. The number of benzene rings is 1. The molecule has 17 heavy (non-hydrogen) atoms. The van der Waals surface area contributed by atoms with Gasteiger partial charge >= 0.3 is 0 Å². The Labute approximate surface area is 104 Å². The molecule has 0 aliphatic heterocycles. The minimum absolute atomic E-state index is 0.176. The van der Waals surface area contributed by atoms with Crippen LogP contribution >= 0.6 is 11.6 Å². The molecule has 1 aromatic carbocycles. The van der Waals surface area contributed by atoms with E-state index in [1.165, 1.54) is 0 Å². The van der Waals surface area contributed by atoms with E-state index in [2.05, 4.69) is 15.2 Å². The molecule has 1 heterocycles. The van der Waals surface area contributed by atoms with Crippen molar-refractivity contribution in [3.63, 3.8) is 0 Å². The topological polar surface area (TPSA) is 65.0 Å². The second kappa shape index (κ2) is 5.05. The minimum atomic E-state index is 0.176. The Kier molecular flexibility index (Phi) is 3.49. The highest BCUT2D eigenvalue weighted by molar-refractivity contribution is 6.18. The van der Waals surface area contributed by atoms with Crippen LogP contribution in [-0.2, 0) is 0 Å². The van der Waals surface area contributed by atoms with E-state index in [1.807, 2.05) is 18.0 Å². The number of alkyl halides is 1. The van der Waals surface area contributed by atoms with Gasteiger partial charge in [-0.3, -0.25) is 5.10 Å². The van der Waals surface area contributed by atoms with Crippen LogP contribution in [0.4, 0.5) is 5.95 Å². The van der Waals surface area contributed by atoms with Crippen molar-refractivity contribution >= 4 is 17.5 Å². The van der Waals surface area contributed by atoms with Crippen molar-refractivity contribution in [2.75, 3.05) is 24.4 Å². The number of nitrogens with one attached hydrogen (secondary N) is 1. The number of nitrogens with zero attached hydrogens (tertiary/aromatic N) is 3. The highest BCUT2D eigenvalue weighted by Gasteiger charge is 2.11. The van der Waals surface area contributed by atoms with Gasteiger partial charge in [0.15, 0.2) is 5.82 Å². The van der Waals surface area contributed by atoms with Crippen LogP contribution in [0.25, 0.3) is 11.4 Å². The van der Waals surface area contributed by atoms with Gasteiger partial charge in [0, 0.05) is 19.5 Å². The number of para-hydroxylation sites is 1. The van der Waals surface area contributed by atoms with E-state index in [4.69, 9.17) is 11.6 Å². The highest BCUT2D eigenvalue weighted by atomic mass is 35.5. The molecule has 2 rings (SSSR count). The Morgan fingerprint density at radius 3 is 2.88 bits per heavy atom. The molecule has 0 unspecified atom stereocenters. The van der Waals surface area contributed by atoms with Crippen molar-refractivity contribution in [1.82, 2.24) is 15.2 Å². The average molecular weight is 253 g/mol. The van der Waals surface area contributed by atoms with Gasteiger partial charge in [-0.2, -0.15) is 4.98 Å². The van der Waals surface area contributed by atoms with Gasteiger partial charge in [0.1, 0.15) is 5.75 Å². The first-order valence-electron chi connectivity index (χ1n) is 5.20. The fourth-order valence-electron chi connectivity index (χ4n) is 1.44. The first kappa shape index (κ1) is 11.7. The van der Waals surface area contributed by atoms with Gasteiger partial charge in [0.05, 0.1) is 5.56 Å². The molecule has 90 valence electrons. The fraction of sp³-hybridized carbons (Fsp3) is 0.273. The number of anilines is 1. The maximum Gasteiger partial charge on any atom is 0.244 e. The van der Waals surface area contributed by atoms with Gasteiger partial charge in [-0.15, -0.1) is 16.7 Å². The van der Waals surface area contributed by atoms with Crippen molar-refractivity contribution in [2.45, 2.75) is 0 Å². The number of phenols is 1. The molecule has 0 aliphatic rings. The molecule has 0 saturated carbocycles. The molecule has 6 heteroatoms. The Morgan fingerprint density at radius 2 is 2.18 bits per heavy atom. The van der Waals surface area contributed by atoms with Crippen molar-refractivity contribution < 1.29 is 5.11 Å². The number of aromatic hydroxyl groups is 1. The second-order valence-electron chi connectivity index (χ2n) is 3.61. The number of H-pyrrole nitrogens is 1. The van der Waals surface area contributed by atoms with E-state index in [-0.39, 0.29) is 5.75 Å². The second-order valence-corrected chi connectivity index (χ2v) is 3.99. The predicted molar refractivity (Wildman–Crippen MR) is 67.5 cm³/mol. The Balaban J connectivity index is 2.27. The third kappa shape index (κ3) is 2.50. The van der Waals surface area contributed by atoms with E-state index >= 15 is 0 Å². The highest BCUT2D eigenvalue weighted by Crippen LogP contribution is 2.26. The zero-order valence-corrected chi connectivity index (χ0v) is 10.1. The zero-order chi connectivity index (χ0) is 12.3. The van der Waals surface area contributed by atoms with Crippen molar-refractivity contribution in [3.8, 4) is 17.1 Å². The monoisotopic (exact) mass is 252 g/mol. The number of aromatic amines is 1. The standard InChI is InChI=1S/C11H13ClN4O/c1-16(7-6-12)11-13-10(14-15-11)8-4-2-3-5-9(8)17/h2-5,17H,6-7H2,1H3,(H,13,14,15). The molecule has 0 radical (unpaired) electrons. The number of hydrogen-bond donors (Lipinski definition) is 2. The van der Waals surface area contributed by atoms with Gasteiger partial charge in [0.25, 0.3) is 0 Å². The zero-order valence-electron chi connectivity index (χ0n) is 9.39. The van der Waals surface area contributed by atoms with Gasteiger partial charge in [-0.25, -0.2) is 0 Å². The smallest absolute Gasteiger partial charge is 0.244 e. The largest absolute Gasteiger partial charge is 0.507 e. The molecule has 5 nitrogen and oxygen atoms in total. The Hall–Kier alpha value is -1.75. The number of hydrogen-bond acceptors (Lipinski definition) is 4. The molecule has 2 N–H and O–H groups in total. The summed E-state index contributed by atoms with van der Waals surface area (Å²) in [5, 5.41) is 16.6. The van der Waals surface area contributed by atoms with Crippen molar-refractivity contribution in [2.24, 2.45) is 0 Å². The molecule has 0 fully saturated rings. The van der Waals surface area contributed by atoms with Crippen molar-refractivity contribution in [3.05, 3.63) is 24.3 Å². The number of phenolic OH excluding ortho intramolecular Hbond substituents is 1. The lowest BCUT2D eigenvalue weighted by Crippen LogP contribution is -2.20. The normalized spacial score (nSPS) is 10.5. The summed E-state index contributed by atoms with van der Waals surface area (Å²) >= 11 is 5.65. The van der Waals surface area contributed by atoms with Gasteiger partial charge in [0.2, 0.25) is 5.95 Å². The lowest BCUT2D eigenvalue weighted by atomic mass is 10.2. The van der Waals surface area contributed by atoms with Crippen LogP contribution in [0.3, 0.4) is 0 Å². The third-order valence-corrected chi connectivity index (χ3v) is 2.56. The molecule has 0 saturated heterocycles. The molecular formula is C11H13ClN4O. The SMILES string of the molecule is CN(CCCl)c1n[nH]c(-c2ccccc2O)n1. The van der Waals surface area contributed by atoms with E-state index < -0.39 is 0 Å². The molecule has 0 bridgehead atoms. The van der Waals surface area contributed by atoms with Crippen LogP contribution in [0, 0.1) is 0 Å². The summed E-state index contributed by atoms with van der Waals surface area (Å²) in [5.41, 5.74) is 0.630. The van der Waals surface area contributed by atoms with Crippen LogP contribution in [0.2, 0.25) is 0 Å². The molecule has 0 spiro atoms. The van der Waals surface area contributed by atoms with Crippen LogP contribution in [0.15, 0.2) is 24.3 Å². The third-order valence-electron chi connectivity index (χ3n) is 2.39. The van der Waals surface area contributed by atoms with Crippen LogP contribution in [0.5, 0.6) is 5.75 Å². The van der Waals surface area contributed by atoms with Crippen molar-refractivity contribution in [1.29, 1.82) is 0 Å². The Morgan fingerprint density at radius 1 is 1.41 bits per heavy atom. The first-order chi connectivity index (χ1) is 8.22. The quantitative estimate of drug-likeness (QED) is 0.815. The van der Waals surface area contributed by atoms with E-state index in [9.17, 15) is 5.11 Å². The Bertz CT molecular complexity index is 500. The summed E-state index contributed by atoms with van der Waals surface area (Å²) in [4.78, 5) is 6.14. The molecular weight excluding hydrogens is 240 g/mol. The first-order valence-corrected chi connectivity index (χ1v) is 5.73. The average Bonchev–Trinajstić information content (AvgIpc) is 2.79. The summed E-state index contributed by atoms with van der Waals surface area (Å²) in [6, 6.07) is 6.98. The molecule has 2 aromatic rings. The van der Waals surface area contributed by atoms with Gasteiger partial charge in [-0.1, -0.05) is 12.1 Å². The summed E-state index contributed by atoms with van der Waals surface area (Å²) in [6.07, 6.45) is 0. The van der Waals surface area contributed by atoms with E-state index in [1.54, 1.807) is 18.2 Å². The number of rotatable bonds is 4. The van der Waals surface area contributed by atoms with Crippen LogP contribution in [-0.4, -0.2) is 39.8 Å². The summed E-state index contributed by atoms with van der Waals surface area (Å²) in [7, 11) is 1.86. The molecule has 0 atom stereocenters. The van der Waals surface area contributed by atoms with E-state index in [0.717, 1.165) is 0 Å². The molecule has 1 aromatic heterocycles. The number of aromatic nitrogens is 3. The predicted octanol–water partition coefficient (Wildman–Crippen LogP) is 1.85. The molecule has 0 amide bonds. The minimum Gasteiger partial charge on any atom is -0.507 e. The molecule has 0 aliphatic carbocycles. The van der Waals surface area contributed by atoms with Gasteiger partial charge < -0.3 is 10.0 Å².